The molecule has 0 aliphatic heterocycles. The van der Waals surface area contributed by atoms with Crippen molar-refractivity contribution in [2.75, 3.05) is 0 Å². The Bertz CT molecular complexity index is 391. The molecule has 0 atom stereocenters. The van der Waals surface area contributed by atoms with E-state index in [0.29, 0.717) is 10.8 Å². The largest absolute Gasteiger partial charge is 0.478 e. The summed E-state index contributed by atoms with van der Waals surface area (Å²) in [6, 6.07) is 7.92. The van der Waals surface area contributed by atoms with E-state index in [1.54, 1.807) is 24.8 Å². The molecule has 0 aliphatic rings. The van der Waals surface area contributed by atoms with Crippen molar-refractivity contribution in [2.24, 2.45) is 0 Å². The monoisotopic (exact) mass is 236 g/mol. The number of carbonyl (C=O) groups is 1. The lowest BCUT2D eigenvalue weighted by atomic mass is 10.1. The van der Waals surface area contributed by atoms with Crippen molar-refractivity contribution in [3.63, 3.8) is 0 Å². The third kappa shape index (κ3) is 4.11. The lowest BCUT2D eigenvalue weighted by molar-refractivity contribution is -0.132. The smallest absolute Gasteiger partial charge is 0.331 e. The van der Waals surface area contributed by atoms with Gasteiger partial charge in [-0.05, 0) is 30.7 Å². The molecule has 0 spiro atoms. The maximum atomic E-state index is 10.6. The SMILES string of the molecule is C/C(=C\c1ccc(SC(C)C)cc1)C(=O)O. The maximum Gasteiger partial charge on any atom is 0.331 e. The highest BCUT2D eigenvalue weighted by Crippen LogP contribution is 2.23. The molecule has 0 bridgehead atoms. The van der Waals surface area contributed by atoms with Gasteiger partial charge in [0.1, 0.15) is 0 Å². The molecule has 2 nitrogen and oxygen atoms in total. The van der Waals surface area contributed by atoms with Crippen LogP contribution < -0.4 is 0 Å². The average Bonchev–Trinajstić information content (AvgIpc) is 2.20. The molecule has 0 amide bonds. The Hall–Kier alpha value is -1.22. The summed E-state index contributed by atoms with van der Waals surface area (Å²) in [5.41, 5.74) is 1.28. The van der Waals surface area contributed by atoms with Gasteiger partial charge in [0.2, 0.25) is 0 Å². The molecule has 3 heteroatoms. The summed E-state index contributed by atoms with van der Waals surface area (Å²) in [4.78, 5) is 11.9. The number of benzene rings is 1. The number of thioether (sulfide) groups is 1. The first-order chi connectivity index (χ1) is 7.49. The van der Waals surface area contributed by atoms with Gasteiger partial charge >= 0.3 is 5.97 Å². The van der Waals surface area contributed by atoms with E-state index in [1.807, 2.05) is 24.3 Å². The normalized spacial score (nSPS) is 11.9. The molecule has 0 aromatic heterocycles. The predicted molar refractivity (Wildman–Crippen MR) is 68.7 cm³/mol. The van der Waals surface area contributed by atoms with Crippen LogP contribution in [-0.2, 0) is 4.79 Å². The molecule has 0 saturated carbocycles. The molecule has 0 saturated heterocycles. The average molecular weight is 236 g/mol. The van der Waals surface area contributed by atoms with Crippen LogP contribution in [0.25, 0.3) is 6.08 Å². The molecule has 1 aromatic carbocycles. The Morgan fingerprint density at radius 3 is 2.31 bits per heavy atom. The molecule has 0 fully saturated rings. The first-order valence-corrected chi connectivity index (χ1v) is 6.05. The zero-order chi connectivity index (χ0) is 12.1. The minimum atomic E-state index is -0.874. The van der Waals surface area contributed by atoms with Gasteiger partial charge in [0.15, 0.2) is 0 Å². The van der Waals surface area contributed by atoms with E-state index >= 15 is 0 Å². The van der Waals surface area contributed by atoms with Crippen LogP contribution in [0.15, 0.2) is 34.7 Å². The van der Waals surface area contributed by atoms with Crippen LogP contribution in [0.2, 0.25) is 0 Å². The van der Waals surface area contributed by atoms with Gasteiger partial charge in [0, 0.05) is 15.7 Å². The number of aliphatic carboxylic acids is 1. The second-order valence-corrected chi connectivity index (χ2v) is 5.52. The Morgan fingerprint density at radius 1 is 1.31 bits per heavy atom. The van der Waals surface area contributed by atoms with Crippen LogP contribution in [0.3, 0.4) is 0 Å². The fourth-order valence-electron chi connectivity index (χ4n) is 1.23. The second-order valence-electron chi connectivity index (χ2n) is 3.87. The summed E-state index contributed by atoms with van der Waals surface area (Å²) in [7, 11) is 0. The fourth-order valence-corrected chi connectivity index (χ4v) is 2.06. The number of rotatable bonds is 4. The highest BCUT2D eigenvalue weighted by molar-refractivity contribution is 7.99. The van der Waals surface area contributed by atoms with Crippen LogP contribution in [0.1, 0.15) is 26.3 Å². The van der Waals surface area contributed by atoms with Gasteiger partial charge in [0.25, 0.3) is 0 Å². The summed E-state index contributed by atoms with van der Waals surface area (Å²) >= 11 is 1.80. The van der Waals surface area contributed by atoms with Crippen molar-refractivity contribution in [2.45, 2.75) is 30.9 Å². The van der Waals surface area contributed by atoms with Crippen molar-refractivity contribution in [3.8, 4) is 0 Å². The quantitative estimate of drug-likeness (QED) is 0.640. The zero-order valence-electron chi connectivity index (χ0n) is 9.73. The van der Waals surface area contributed by atoms with Crippen LogP contribution in [0.4, 0.5) is 0 Å². The van der Waals surface area contributed by atoms with Crippen molar-refractivity contribution >= 4 is 23.8 Å². The van der Waals surface area contributed by atoms with Gasteiger partial charge in [-0.15, -0.1) is 11.8 Å². The lowest BCUT2D eigenvalue weighted by Crippen LogP contribution is -1.95. The minimum Gasteiger partial charge on any atom is -0.478 e. The maximum absolute atomic E-state index is 10.6. The van der Waals surface area contributed by atoms with Gasteiger partial charge in [-0.25, -0.2) is 4.79 Å². The van der Waals surface area contributed by atoms with E-state index in [2.05, 4.69) is 13.8 Å². The van der Waals surface area contributed by atoms with Crippen molar-refractivity contribution in [1.82, 2.24) is 0 Å². The van der Waals surface area contributed by atoms with Crippen molar-refractivity contribution < 1.29 is 9.90 Å². The molecule has 0 aliphatic carbocycles. The van der Waals surface area contributed by atoms with Gasteiger partial charge in [-0.3, -0.25) is 0 Å². The van der Waals surface area contributed by atoms with Crippen LogP contribution >= 0.6 is 11.8 Å². The van der Waals surface area contributed by atoms with Gasteiger partial charge in [-0.1, -0.05) is 26.0 Å². The summed E-state index contributed by atoms with van der Waals surface area (Å²) < 4.78 is 0. The highest BCUT2D eigenvalue weighted by Gasteiger charge is 2.01. The first kappa shape index (κ1) is 12.8. The molecule has 0 unspecified atom stereocenters. The molecule has 1 rings (SSSR count). The zero-order valence-corrected chi connectivity index (χ0v) is 10.5. The van der Waals surface area contributed by atoms with Crippen LogP contribution in [-0.4, -0.2) is 16.3 Å². The Balaban J connectivity index is 2.79. The number of hydrogen-bond donors (Lipinski definition) is 1. The number of carboxylic acids is 1. The summed E-state index contributed by atoms with van der Waals surface area (Å²) in [5.74, 6) is -0.874. The van der Waals surface area contributed by atoms with E-state index in [9.17, 15) is 4.79 Å². The Morgan fingerprint density at radius 2 is 1.88 bits per heavy atom. The molecule has 16 heavy (non-hydrogen) atoms. The number of hydrogen-bond acceptors (Lipinski definition) is 2. The third-order valence-corrected chi connectivity index (χ3v) is 2.99. The fraction of sp³-hybridized carbons (Fsp3) is 0.308. The molecule has 0 radical (unpaired) electrons. The number of carboxylic acid groups (broad SMARTS) is 1. The van der Waals surface area contributed by atoms with E-state index in [1.165, 1.54) is 4.90 Å². The van der Waals surface area contributed by atoms with Gasteiger partial charge in [0.05, 0.1) is 0 Å². The first-order valence-electron chi connectivity index (χ1n) is 5.17. The van der Waals surface area contributed by atoms with Crippen LogP contribution in [0, 0.1) is 0 Å². The topological polar surface area (TPSA) is 37.3 Å². The molecule has 0 heterocycles. The summed E-state index contributed by atoms with van der Waals surface area (Å²) in [5, 5.41) is 9.30. The Labute approximate surface area is 100 Å². The van der Waals surface area contributed by atoms with E-state index < -0.39 is 5.97 Å². The third-order valence-electron chi connectivity index (χ3n) is 1.97. The highest BCUT2D eigenvalue weighted by atomic mass is 32.2. The molecule has 1 N–H and O–H groups in total. The minimum absolute atomic E-state index is 0.351. The van der Waals surface area contributed by atoms with E-state index in [4.69, 9.17) is 5.11 Å². The molecular weight excluding hydrogens is 220 g/mol. The van der Waals surface area contributed by atoms with Crippen molar-refractivity contribution in [1.29, 1.82) is 0 Å². The second kappa shape index (κ2) is 5.75. The summed E-state index contributed by atoms with van der Waals surface area (Å²) in [6.07, 6.45) is 1.67. The standard InChI is InChI=1S/C13H16O2S/c1-9(2)16-12-6-4-11(5-7-12)8-10(3)13(14)15/h4-9H,1-3H3,(H,14,15)/b10-8+. The molecule has 86 valence electrons. The van der Waals surface area contributed by atoms with E-state index in [0.717, 1.165) is 5.56 Å². The lowest BCUT2D eigenvalue weighted by Gasteiger charge is -2.04. The van der Waals surface area contributed by atoms with Crippen LogP contribution in [0.5, 0.6) is 0 Å². The van der Waals surface area contributed by atoms with Gasteiger partial charge in [-0.2, -0.15) is 0 Å². The van der Waals surface area contributed by atoms with Gasteiger partial charge < -0.3 is 5.11 Å². The van der Waals surface area contributed by atoms with Crippen molar-refractivity contribution in [3.05, 3.63) is 35.4 Å². The predicted octanol–water partition coefficient (Wildman–Crippen LogP) is 3.68. The summed E-state index contributed by atoms with van der Waals surface area (Å²) in [6.45, 7) is 5.89. The molecular formula is C13H16O2S. The Kier molecular flexibility index (Phi) is 4.62. The molecule has 1 aromatic rings. The van der Waals surface area contributed by atoms with E-state index in [-0.39, 0.29) is 0 Å².